The summed E-state index contributed by atoms with van der Waals surface area (Å²) in [4.78, 5) is 2.86. The fourth-order valence-electron chi connectivity index (χ4n) is 4.68. The molecule has 0 spiro atoms. The van der Waals surface area contributed by atoms with E-state index in [4.69, 9.17) is 0 Å². The summed E-state index contributed by atoms with van der Waals surface area (Å²) in [5.74, 6) is 1.97. The Labute approximate surface area is 133 Å². The lowest BCUT2D eigenvalue weighted by molar-refractivity contribution is 0.111. The minimum Gasteiger partial charge on any atom is -0.312 e. The molecule has 1 N–H and O–H groups in total. The first-order valence-corrected chi connectivity index (χ1v) is 9.75. The molecule has 21 heavy (non-hydrogen) atoms. The van der Waals surface area contributed by atoms with Gasteiger partial charge in [-0.25, -0.2) is 0 Å². The smallest absolute Gasteiger partial charge is 0.0252 e. The molecular weight excluding hydrogens is 256 g/mol. The van der Waals surface area contributed by atoms with Crippen LogP contribution >= 0.6 is 0 Å². The molecule has 1 aliphatic heterocycles. The number of hydrogen-bond donors (Lipinski definition) is 1. The van der Waals surface area contributed by atoms with Gasteiger partial charge in [-0.05, 0) is 63.5 Å². The molecule has 2 nitrogen and oxygen atoms in total. The van der Waals surface area contributed by atoms with Crippen molar-refractivity contribution < 1.29 is 0 Å². The van der Waals surface area contributed by atoms with Crippen LogP contribution in [0.15, 0.2) is 0 Å². The van der Waals surface area contributed by atoms with E-state index in [1.165, 1.54) is 77.4 Å². The average Bonchev–Trinajstić information content (AvgIpc) is 2.95. The first-order chi connectivity index (χ1) is 10.3. The zero-order chi connectivity index (χ0) is 15.1. The van der Waals surface area contributed by atoms with Gasteiger partial charge >= 0.3 is 0 Å². The van der Waals surface area contributed by atoms with Crippen LogP contribution in [0.1, 0.15) is 78.6 Å². The third-order valence-corrected chi connectivity index (χ3v) is 5.76. The van der Waals surface area contributed by atoms with Crippen molar-refractivity contribution in [2.45, 2.75) is 90.6 Å². The van der Waals surface area contributed by atoms with Gasteiger partial charge in [-0.15, -0.1) is 0 Å². The molecule has 0 aromatic heterocycles. The van der Waals surface area contributed by atoms with Crippen molar-refractivity contribution in [1.29, 1.82) is 0 Å². The predicted octanol–water partition coefficient (Wildman–Crippen LogP) is 4.45. The number of nitrogens with zero attached hydrogens (tertiary/aromatic N) is 1. The molecule has 124 valence electrons. The molecule has 0 aromatic rings. The van der Waals surface area contributed by atoms with Crippen molar-refractivity contribution in [2.24, 2.45) is 11.8 Å². The summed E-state index contributed by atoms with van der Waals surface area (Å²) in [6.07, 6.45) is 12.6. The first-order valence-electron chi connectivity index (χ1n) is 9.75. The summed E-state index contributed by atoms with van der Waals surface area (Å²) >= 11 is 0. The second-order valence-corrected chi connectivity index (χ2v) is 7.53. The molecule has 1 aliphatic carbocycles. The fraction of sp³-hybridized carbons (Fsp3) is 1.00. The summed E-state index contributed by atoms with van der Waals surface area (Å²) in [5, 5.41) is 3.87. The molecule has 0 bridgehead atoms. The molecule has 2 heteroatoms. The third kappa shape index (κ3) is 4.96. The maximum Gasteiger partial charge on any atom is 0.0252 e. The van der Waals surface area contributed by atoms with E-state index in [0.717, 1.165) is 23.9 Å². The van der Waals surface area contributed by atoms with Crippen molar-refractivity contribution in [3.63, 3.8) is 0 Å². The first kappa shape index (κ1) is 17.3. The molecule has 4 atom stereocenters. The van der Waals surface area contributed by atoms with Crippen molar-refractivity contribution in [3.05, 3.63) is 0 Å². The van der Waals surface area contributed by atoms with Gasteiger partial charge in [0.05, 0.1) is 0 Å². The predicted molar refractivity (Wildman–Crippen MR) is 92.7 cm³/mol. The Kier molecular flexibility index (Phi) is 7.53. The second kappa shape index (κ2) is 9.15. The minimum atomic E-state index is 0.762. The average molecular weight is 295 g/mol. The highest BCUT2D eigenvalue weighted by Crippen LogP contribution is 2.34. The summed E-state index contributed by atoms with van der Waals surface area (Å²) < 4.78 is 0. The standard InChI is InChI=1S/C19H38N2/c1-4-7-16-9-10-18(20-12-6-3)19(14-16)21-13-11-17(15-21)8-5-2/h16-20H,4-15H2,1-3H3. The molecular formula is C19H38N2. The summed E-state index contributed by atoms with van der Waals surface area (Å²) in [7, 11) is 0. The quantitative estimate of drug-likeness (QED) is 0.711. The van der Waals surface area contributed by atoms with Crippen LogP contribution in [-0.4, -0.2) is 36.6 Å². The molecule has 1 saturated heterocycles. The van der Waals surface area contributed by atoms with E-state index >= 15 is 0 Å². The number of rotatable bonds is 8. The highest BCUT2D eigenvalue weighted by molar-refractivity contribution is 4.93. The normalized spacial score (nSPS) is 34.4. The molecule has 1 heterocycles. The van der Waals surface area contributed by atoms with Crippen molar-refractivity contribution >= 4 is 0 Å². The molecule has 2 rings (SSSR count). The topological polar surface area (TPSA) is 15.3 Å². The van der Waals surface area contributed by atoms with Crippen LogP contribution in [0.3, 0.4) is 0 Å². The van der Waals surface area contributed by atoms with Crippen LogP contribution in [0.5, 0.6) is 0 Å². The van der Waals surface area contributed by atoms with Gasteiger partial charge in [0.15, 0.2) is 0 Å². The van der Waals surface area contributed by atoms with E-state index in [-0.39, 0.29) is 0 Å². The maximum absolute atomic E-state index is 3.87. The van der Waals surface area contributed by atoms with E-state index in [1.807, 2.05) is 0 Å². The maximum atomic E-state index is 3.87. The van der Waals surface area contributed by atoms with E-state index in [9.17, 15) is 0 Å². The minimum absolute atomic E-state index is 0.762. The van der Waals surface area contributed by atoms with E-state index in [0.29, 0.717) is 0 Å². The van der Waals surface area contributed by atoms with Crippen LogP contribution < -0.4 is 5.32 Å². The Hall–Kier alpha value is -0.0800. The van der Waals surface area contributed by atoms with Crippen LogP contribution in [0.4, 0.5) is 0 Å². The molecule has 2 aliphatic rings. The van der Waals surface area contributed by atoms with Crippen LogP contribution in [-0.2, 0) is 0 Å². The van der Waals surface area contributed by atoms with Gasteiger partial charge in [-0.1, -0.05) is 40.0 Å². The van der Waals surface area contributed by atoms with Crippen LogP contribution in [0.2, 0.25) is 0 Å². The lowest BCUT2D eigenvalue weighted by Gasteiger charge is -2.42. The van der Waals surface area contributed by atoms with Gasteiger partial charge in [0.1, 0.15) is 0 Å². The molecule has 0 aromatic carbocycles. The van der Waals surface area contributed by atoms with Gasteiger partial charge in [0.25, 0.3) is 0 Å². The van der Waals surface area contributed by atoms with Gasteiger partial charge in [-0.3, -0.25) is 4.90 Å². The molecule has 0 amide bonds. The largest absolute Gasteiger partial charge is 0.312 e. The van der Waals surface area contributed by atoms with Gasteiger partial charge in [0.2, 0.25) is 0 Å². The summed E-state index contributed by atoms with van der Waals surface area (Å²) in [6, 6.07) is 1.59. The Morgan fingerprint density at radius 3 is 2.38 bits per heavy atom. The lowest BCUT2D eigenvalue weighted by Crippen LogP contribution is -2.52. The Balaban J connectivity index is 1.92. The van der Waals surface area contributed by atoms with E-state index in [1.54, 1.807) is 0 Å². The van der Waals surface area contributed by atoms with Crippen molar-refractivity contribution in [3.8, 4) is 0 Å². The van der Waals surface area contributed by atoms with Gasteiger partial charge in [0, 0.05) is 18.6 Å². The zero-order valence-corrected chi connectivity index (χ0v) is 14.7. The molecule has 1 saturated carbocycles. The highest BCUT2D eigenvalue weighted by Gasteiger charge is 2.36. The number of nitrogens with one attached hydrogen (secondary N) is 1. The van der Waals surface area contributed by atoms with Gasteiger partial charge < -0.3 is 5.32 Å². The van der Waals surface area contributed by atoms with Crippen LogP contribution in [0, 0.1) is 11.8 Å². The van der Waals surface area contributed by atoms with Crippen molar-refractivity contribution in [2.75, 3.05) is 19.6 Å². The summed E-state index contributed by atoms with van der Waals surface area (Å²) in [5.41, 5.74) is 0. The van der Waals surface area contributed by atoms with Gasteiger partial charge in [-0.2, -0.15) is 0 Å². The Morgan fingerprint density at radius 2 is 1.67 bits per heavy atom. The Bertz CT molecular complexity index is 279. The zero-order valence-electron chi connectivity index (χ0n) is 14.7. The fourth-order valence-corrected chi connectivity index (χ4v) is 4.68. The Morgan fingerprint density at radius 1 is 0.905 bits per heavy atom. The highest BCUT2D eigenvalue weighted by atomic mass is 15.2. The second-order valence-electron chi connectivity index (χ2n) is 7.53. The monoisotopic (exact) mass is 294 g/mol. The van der Waals surface area contributed by atoms with Crippen molar-refractivity contribution in [1.82, 2.24) is 10.2 Å². The third-order valence-electron chi connectivity index (χ3n) is 5.76. The van der Waals surface area contributed by atoms with E-state index in [2.05, 4.69) is 31.0 Å². The number of likely N-dealkylation sites (tertiary alicyclic amines) is 1. The van der Waals surface area contributed by atoms with E-state index < -0.39 is 0 Å². The van der Waals surface area contributed by atoms with Crippen LogP contribution in [0.25, 0.3) is 0 Å². The molecule has 2 fully saturated rings. The SMILES string of the molecule is CCCNC1CCC(CCC)CC1N1CCC(CCC)C1. The lowest BCUT2D eigenvalue weighted by atomic mass is 9.79. The molecule has 4 unspecified atom stereocenters. The molecule has 0 radical (unpaired) electrons. The number of hydrogen-bond acceptors (Lipinski definition) is 2. The summed E-state index contributed by atoms with van der Waals surface area (Å²) in [6.45, 7) is 10.9.